The highest BCUT2D eigenvalue weighted by Gasteiger charge is 2.11. The molecule has 104 valence electrons. The van der Waals surface area contributed by atoms with Crippen molar-refractivity contribution in [3.05, 3.63) is 60.2 Å². The molecule has 0 aliphatic heterocycles. The number of hydrogen-bond acceptors (Lipinski definition) is 5. The predicted molar refractivity (Wildman–Crippen MR) is 85.0 cm³/mol. The maximum atomic E-state index is 5.68. The minimum absolute atomic E-state index is 0.183. The quantitative estimate of drug-likeness (QED) is 0.800. The van der Waals surface area contributed by atoms with Crippen LogP contribution in [0.1, 0.15) is 5.56 Å². The second-order valence-electron chi connectivity index (χ2n) is 4.60. The molecule has 0 bridgehead atoms. The van der Waals surface area contributed by atoms with Crippen molar-refractivity contribution in [2.24, 2.45) is 0 Å². The van der Waals surface area contributed by atoms with Crippen molar-refractivity contribution < 1.29 is 0 Å². The molecule has 0 spiro atoms. The van der Waals surface area contributed by atoms with Crippen molar-refractivity contribution in [1.82, 2.24) is 15.2 Å². The summed E-state index contributed by atoms with van der Waals surface area (Å²) in [6.07, 6.45) is 0. The molecule has 0 fully saturated rings. The number of aryl methyl sites for hydroxylation is 1. The van der Waals surface area contributed by atoms with E-state index in [4.69, 9.17) is 5.73 Å². The first-order valence-electron chi connectivity index (χ1n) is 6.52. The SMILES string of the molecule is Cc1ccc(Sc2nnc(N)nc2-c2ccccc2)cc1. The molecule has 1 heterocycles. The van der Waals surface area contributed by atoms with Crippen LogP contribution in [-0.2, 0) is 0 Å². The molecule has 0 aliphatic carbocycles. The summed E-state index contributed by atoms with van der Waals surface area (Å²) in [4.78, 5) is 5.44. The maximum Gasteiger partial charge on any atom is 0.240 e. The van der Waals surface area contributed by atoms with Crippen molar-refractivity contribution in [1.29, 1.82) is 0 Å². The average Bonchev–Trinajstić information content (AvgIpc) is 2.52. The van der Waals surface area contributed by atoms with Gasteiger partial charge in [-0.15, -0.1) is 10.2 Å². The zero-order valence-corrected chi connectivity index (χ0v) is 12.3. The Bertz CT molecular complexity index is 742. The Morgan fingerprint density at radius 3 is 2.33 bits per heavy atom. The Kier molecular flexibility index (Phi) is 3.83. The second-order valence-corrected chi connectivity index (χ2v) is 5.67. The number of anilines is 1. The van der Waals surface area contributed by atoms with Gasteiger partial charge in [0.15, 0.2) is 5.03 Å². The first-order valence-corrected chi connectivity index (χ1v) is 7.34. The van der Waals surface area contributed by atoms with Crippen LogP contribution >= 0.6 is 11.8 Å². The van der Waals surface area contributed by atoms with Gasteiger partial charge in [-0.2, -0.15) is 0 Å². The lowest BCUT2D eigenvalue weighted by Gasteiger charge is -2.07. The van der Waals surface area contributed by atoms with Crippen LogP contribution in [0.3, 0.4) is 0 Å². The highest BCUT2D eigenvalue weighted by molar-refractivity contribution is 7.99. The molecule has 2 aromatic carbocycles. The minimum Gasteiger partial charge on any atom is -0.366 e. The van der Waals surface area contributed by atoms with E-state index in [0.717, 1.165) is 21.2 Å². The summed E-state index contributed by atoms with van der Waals surface area (Å²) in [5.41, 5.74) is 8.65. The van der Waals surface area contributed by atoms with Gasteiger partial charge in [0.1, 0.15) is 5.69 Å². The zero-order valence-electron chi connectivity index (χ0n) is 11.5. The first-order chi connectivity index (χ1) is 10.2. The summed E-state index contributed by atoms with van der Waals surface area (Å²) in [7, 11) is 0. The van der Waals surface area contributed by atoms with Crippen molar-refractivity contribution in [3.63, 3.8) is 0 Å². The van der Waals surface area contributed by atoms with Crippen molar-refractivity contribution in [3.8, 4) is 11.3 Å². The third kappa shape index (κ3) is 3.20. The number of hydrogen-bond donors (Lipinski definition) is 1. The molecular formula is C16H14N4S. The summed E-state index contributed by atoms with van der Waals surface area (Å²) in [6.45, 7) is 2.06. The molecular weight excluding hydrogens is 280 g/mol. The second kappa shape index (κ2) is 5.93. The van der Waals surface area contributed by atoms with E-state index in [2.05, 4.69) is 46.4 Å². The van der Waals surface area contributed by atoms with E-state index in [1.807, 2.05) is 30.3 Å². The third-order valence-corrected chi connectivity index (χ3v) is 3.93. The number of nitrogens with zero attached hydrogens (tertiary/aromatic N) is 3. The Balaban J connectivity index is 2.00. The highest BCUT2D eigenvalue weighted by atomic mass is 32.2. The van der Waals surface area contributed by atoms with E-state index in [1.165, 1.54) is 17.3 Å². The molecule has 0 aliphatic rings. The smallest absolute Gasteiger partial charge is 0.240 e. The standard InChI is InChI=1S/C16H14N4S/c1-11-7-9-13(10-8-11)21-15-14(18-16(17)20-19-15)12-5-3-2-4-6-12/h2-10H,1H3,(H2,17,18,20). The lowest BCUT2D eigenvalue weighted by Crippen LogP contribution is -2.01. The monoisotopic (exact) mass is 294 g/mol. The molecule has 1 aromatic heterocycles. The van der Waals surface area contributed by atoms with E-state index in [1.54, 1.807) is 0 Å². The van der Waals surface area contributed by atoms with E-state index in [0.29, 0.717) is 0 Å². The summed E-state index contributed by atoms with van der Waals surface area (Å²) in [5.74, 6) is 0.183. The average molecular weight is 294 g/mol. The molecule has 0 saturated heterocycles. The molecule has 2 N–H and O–H groups in total. The van der Waals surface area contributed by atoms with Gasteiger partial charge in [0.2, 0.25) is 5.95 Å². The summed E-state index contributed by atoms with van der Waals surface area (Å²) < 4.78 is 0. The Hall–Kier alpha value is -2.40. The van der Waals surface area contributed by atoms with E-state index >= 15 is 0 Å². The van der Waals surface area contributed by atoms with Gasteiger partial charge in [-0.25, -0.2) is 4.98 Å². The molecule has 3 aromatic rings. The Morgan fingerprint density at radius 2 is 1.62 bits per heavy atom. The molecule has 0 unspecified atom stereocenters. The van der Waals surface area contributed by atoms with Crippen LogP contribution < -0.4 is 5.73 Å². The fourth-order valence-corrected chi connectivity index (χ4v) is 2.74. The van der Waals surface area contributed by atoms with Crippen molar-refractivity contribution in [2.75, 3.05) is 5.73 Å². The number of nitrogens with two attached hydrogens (primary N) is 1. The number of benzene rings is 2. The molecule has 4 nitrogen and oxygen atoms in total. The molecule has 0 saturated carbocycles. The number of aromatic nitrogens is 3. The van der Waals surface area contributed by atoms with Crippen molar-refractivity contribution >= 4 is 17.7 Å². The zero-order chi connectivity index (χ0) is 14.7. The molecule has 0 radical (unpaired) electrons. The van der Waals surface area contributed by atoms with Crippen LogP contribution in [0.2, 0.25) is 0 Å². The van der Waals surface area contributed by atoms with Crippen LogP contribution in [0.5, 0.6) is 0 Å². The van der Waals surface area contributed by atoms with Crippen LogP contribution in [0, 0.1) is 6.92 Å². The van der Waals surface area contributed by atoms with Gasteiger partial charge in [-0.3, -0.25) is 0 Å². The van der Waals surface area contributed by atoms with Gasteiger partial charge in [-0.05, 0) is 19.1 Å². The van der Waals surface area contributed by atoms with Gasteiger partial charge < -0.3 is 5.73 Å². The number of nitrogen functional groups attached to an aromatic ring is 1. The van der Waals surface area contributed by atoms with Gasteiger partial charge in [0.25, 0.3) is 0 Å². The van der Waals surface area contributed by atoms with Crippen LogP contribution in [-0.4, -0.2) is 15.2 Å². The van der Waals surface area contributed by atoms with Crippen LogP contribution in [0.15, 0.2) is 64.5 Å². The molecule has 3 rings (SSSR count). The maximum absolute atomic E-state index is 5.68. The highest BCUT2D eigenvalue weighted by Crippen LogP contribution is 2.33. The molecule has 21 heavy (non-hydrogen) atoms. The summed E-state index contributed by atoms with van der Waals surface area (Å²) in [6, 6.07) is 18.1. The minimum atomic E-state index is 0.183. The van der Waals surface area contributed by atoms with E-state index < -0.39 is 0 Å². The largest absolute Gasteiger partial charge is 0.366 e. The van der Waals surface area contributed by atoms with Gasteiger partial charge in [0.05, 0.1) is 0 Å². The van der Waals surface area contributed by atoms with E-state index in [-0.39, 0.29) is 5.95 Å². The summed E-state index contributed by atoms with van der Waals surface area (Å²) in [5, 5.41) is 8.82. The van der Waals surface area contributed by atoms with Gasteiger partial charge in [-0.1, -0.05) is 59.8 Å². The lowest BCUT2D eigenvalue weighted by atomic mass is 10.2. The Labute approximate surface area is 127 Å². The number of rotatable bonds is 3. The lowest BCUT2D eigenvalue weighted by molar-refractivity contribution is 0.897. The predicted octanol–water partition coefficient (Wildman–Crippen LogP) is 3.58. The first kappa shape index (κ1) is 13.6. The van der Waals surface area contributed by atoms with Gasteiger partial charge >= 0.3 is 0 Å². The molecule has 5 heteroatoms. The fourth-order valence-electron chi connectivity index (χ4n) is 1.90. The fraction of sp³-hybridized carbons (Fsp3) is 0.0625. The van der Waals surface area contributed by atoms with Crippen molar-refractivity contribution in [2.45, 2.75) is 16.8 Å². The van der Waals surface area contributed by atoms with Crippen LogP contribution in [0.25, 0.3) is 11.3 Å². The molecule has 0 atom stereocenters. The van der Waals surface area contributed by atoms with Gasteiger partial charge in [0, 0.05) is 10.5 Å². The normalized spacial score (nSPS) is 10.5. The third-order valence-electron chi connectivity index (χ3n) is 2.95. The van der Waals surface area contributed by atoms with Crippen LogP contribution in [0.4, 0.5) is 5.95 Å². The molecule has 0 amide bonds. The topological polar surface area (TPSA) is 64.7 Å². The van der Waals surface area contributed by atoms with E-state index in [9.17, 15) is 0 Å². The Morgan fingerprint density at radius 1 is 0.905 bits per heavy atom. The summed E-state index contributed by atoms with van der Waals surface area (Å²) >= 11 is 1.53.